The summed E-state index contributed by atoms with van der Waals surface area (Å²) in [6.45, 7) is 11.3. The summed E-state index contributed by atoms with van der Waals surface area (Å²) < 4.78 is 14.5. The van der Waals surface area contributed by atoms with Gasteiger partial charge < -0.3 is 10.2 Å². The third kappa shape index (κ3) is 5.31. The summed E-state index contributed by atoms with van der Waals surface area (Å²) in [4.78, 5) is 2.25. The molecule has 1 rings (SSSR count). The van der Waals surface area contributed by atoms with Gasteiger partial charge in [-0.3, -0.25) is 0 Å². The fraction of sp³-hybridized carbons (Fsp3) is 0.667. The fourth-order valence-corrected chi connectivity index (χ4v) is 2.53. The first-order valence-corrected chi connectivity index (χ1v) is 8.40. The minimum Gasteiger partial charge on any atom is -0.366 e. The van der Waals surface area contributed by atoms with Gasteiger partial charge in [-0.1, -0.05) is 39.3 Å². The zero-order valence-electron chi connectivity index (χ0n) is 14.1. The van der Waals surface area contributed by atoms with E-state index in [0.717, 1.165) is 56.6 Å². The van der Waals surface area contributed by atoms with Gasteiger partial charge in [0, 0.05) is 19.1 Å². The number of nitrogens with one attached hydrogen (secondary N) is 1. The summed E-state index contributed by atoms with van der Waals surface area (Å²) in [6, 6.07) is 5.80. The quantitative estimate of drug-likeness (QED) is 0.628. The molecule has 0 fully saturated rings. The maximum atomic E-state index is 14.5. The van der Waals surface area contributed by atoms with Crippen molar-refractivity contribution in [1.82, 2.24) is 5.32 Å². The average Bonchev–Trinajstić information content (AvgIpc) is 2.49. The Balaban J connectivity index is 3.03. The van der Waals surface area contributed by atoms with Crippen LogP contribution in [0.15, 0.2) is 18.2 Å². The summed E-state index contributed by atoms with van der Waals surface area (Å²) in [7, 11) is 0. The lowest BCUT2D eigenvalue weighted by atomic mass is 10.1. The van der Waals surface area contributed by atoms with Crippen LogP contribution in [0, 0.1) is 5.82 Å². The number of para-hydroxylation sites is 1. The number of hydrogen-bond acceptors (Lipinski definition) is 2. The van der Waals surface area contributed by atoms with E-state index in [1.807, 2.05) is 12.1 Å². The lowest BCUT2D eigenvalue weighted by Gasteiger charge is -2.33. The lowest BCUT2D eigenvalue weighted by Crippen LogP contribution is -2.35. The van der Waals surface area contributed by atoms with Crippen LogP contribution in [0.25, 0.3) is 0 Å². The topological polar surface area (TPSA) is 15.3 Å². The van der Waals surface area contributed by atoms with Gasteiger partial charge in [-0.15, -0.1) is 0 Å². The largest absolute Gasteiger partial charge is 0.366 e. The van der Waals surface area contributed by atoms with Crippen molar-refractivity contribution in [3.63, 3.8) is 0 Å². The fourth-order valence-electron chi connectivity index (χ4n) is 2.53. The van der Waals surface area contributed by atoms with Gasteiger partial charge in [-0.2, -0.15) is 0 Å². The van der Waals surface area contributed by atoms with Gasteiger partial charge in [0.15, 0.2) is 0 Å². The lowest BCUT2D eigenvalue weighted by molar-refractivity contribution is 0.558. The van der Waals surface area contributed by atoms with E-state index in [1.54, 1.807) is 6.07 Å². The molecule has 21 heavy (non-hydrogen) atoms. The molecule has 0 saturated carbocycles. The Labute approximate surface area is 129 Å². The van der Waals surface area contributed by atoms with Gasteiger partial charge in [0.1, 0.15) is 5.82 Å². The van der Waals surface area contributed by atoms with Crippen molar-refractivity contribution in [3.05, 3.63) is 29.6 Å². The highest BCUT2D eigenvalue weighted by Gasteiger charge is 2.19. The second kappa shape index (κ2) is 9.78. The SMILES string of the molecule is CCCCN(c1c(F)cccc1CNCCC)C(C)CC. The zero-order valence-corrected chi connectivity index (χ0v) is 14.1. The molecule has 0 aliphatic heterocycles. The molecule has 0 bridgehead atoms. The molecule has 0 heterocycles. The molecule has 0 amide bonds. The number of anilines is 1. The van der Waals surface area contributed by atoms with Crippen LogP contribution >= 0.6 is 0 Å². The molecular formula is C18H31FN2. The first-order valence-electron chi connectivity index (χ1n) is 8.40. The van der Waals surface area contributed by atoms with Gasteiger partial charge in [0.05, 0.1) is 5.69 Å². The third-order valence-corrected chi connectivity index (χ3v) is 3.98. The van der Waals surface area contributed by atoms with Crippen LogP contribution < -0.4 is 10.2 Å². The summed E-state index contributed by atoms with van der Waals surface area (Å²) >= 11 is 0. The standard InChI is InChI=1S/C18H31FN2/c1-5-8-13-21(15(4)7-3)18-16(14-20-12-6-2)10-9-11-17(18)19/h9-11,15,20H,5-8,12-14H2,1-4H3. The van der Waals surface area contributed by atoms with E-state index in [-0.39, 0.29) is 5.82 Å². The number of unbranched alkanes of at least 4 members (excludes halogenated alkanes) is 1. The van der Waals surface area contributed by atoms with Crippen molar-refractivity contribution >= 4 is 5.69 Å². The minimum atomic E-state index is -0.0952. The van der Waals surface area contributed by atoms with Crippen LogP contribution in [-0.2, 0) is 6.54 Å². The molecule has 0 aliphatic rings. The molecule has 3 heteroatoms. The first-order chi connectivity index (χ1) is 10.2. The van der Waals surface area contributed by atoms with E-state index in [4.69, 9.17) is 0 Å². The molecule has 1 aromatic rings. The predicted molar refractivity (Wildman–Crippen MR) is 90.4 cm³/mol. The van der Waals surface area contributed by atoms with Crippen LogP contribution in [0.2, 0.25) is 0 Å². The van der Waals surface area contributed by atoms with Crippen LogP contribution in [0.4, 0.5) is 10.1 Å². The Kier molecular flexibility index (Phi) is 8.36. The van der Waals surface area contributed by atoms with Gasteiger partial charge in [-0.25, -0.2) is 4.39 Å². The molecule has 2 nitrogen and oxygen atoms in total. The molecule has 1 N–H and O–H groups in total. The molecule has 0 spiro atoms. The Bertz CT molecular complexity index is 406. The minimum absolute atomic E-state index is 0.0952. The Morgan fingerprint density at radius 2 is 1.95 bits per heavy atom. The van der Waals surface area contributed by atoms with Crippen molar-refractivity contribution in [1.29, 1.82) is 0 Å². The highest BCUT2D eigenvalue weighted by molar-refractivity contribution is 5.55. The van der Waals surface area contributed by atoms with Gasteiger partial charge >= 0.3 is 0 Å². The van der Waals surface area contributed by atoms with Gasteiger partial charge in [0.25, 0.3) is 0 Å². The molecule has 120 valence electrons. The summed E-state index contributed by atoms with van der Waals surface area (Å²) in [5.41, 5.74) is 1.86. The molecule has 1 atom stereocenters. The van der Waals surface area contributed by atoms with E-state index in [1.165, 1.54) is 0 Å². The van der Waals surface area contributed by atoms with Crippen LogP contribution in [0.3, 0.4) is 0 Å². The average molecular weight is 294 g/mol. The summed E-state index contributed by atoms with van der Waals surface area (Å²) in [6.07, 6.45) is 4.35. The summed E-state index contributed by atoms with van der Waals surface area (Å²) in [5.74, 6) is -0.0952. The monoisotopic (exact) mass is 294 g/mol. The normalized spacial score (nSPS) is 12.4. The summed E-state index contributed by atoms with van der Waals surface area (Å²) in [5, 5.41) is 3.39. The van der Waals surface area contributed by atoms with Crippen LogP contribution in [0.1, 0.15) is 58.9 Å². The number of hydrogen-bond donors (Lipinski definition) is 1. The van der Waals surface area contributed by atoms with Gasteiger partial charge in [-0.05, 0) is 44.4 Å². The Morgan fingerprint density at radius 1 is 1.19 bits per heavy atom. The number of rotatable bonds is 10. The molecule has 0 aromatic heterocycles. The van der Waals surface area contributed by atoms with E-state index in [9.17, 15) is 4.39 Å². The highest BCUT2D eigenvalue weighted by atomic mass is 19.1. The van der Waals surface area contributed by atoms with E-state index >= 15 is 0 Å². The Hall–Kier alpha value is -1.09. The van der Waals surface area contributed by atoms with E-state index in [0.29, 0.717) is 6.04 Å². The molecule has 0 radical (unpaired) electrons. The zero-order chi connectivity index (χ0) is 15.7. The number of benzene rings is 1. The smallest absolute Gasteiger partial charge is 0.146 e. The highest BCUT2D eigenvalue weighted by Crippen LogP contribution is 2.27. The predicted octanol–water partition coefficient (Wildman–Crippen LogP) is 4.73. The van der Waals surface area contributed by atoms with E-state index in [2.05, 4.69) is 37.9 Å². The van der Waals surface area contributed by atoms with Crippen molar-refractivity contribution in [2.24, 2.45) is 0 Å². The Morgan fingerprint density at radius 3 is 2.57 bits per heavy atom. The van der Waals surface area contributed by atoms with Crippen LogP contribution in [-0.4, -0.2) is 19.1 Å². The first kappa shape index (κ1) is 18.0. The number of halogens is 1. The maximum Gasteiger partial charge on any atom is 0.146 e. The molecule has 1 aromatic carbocycles. The second-order valence-corrected chi connectivity index (χ2v) is 5.73. The van der Waals surface area contributed by atoms with E-state index < -0.39 is 0 Å². The molecule has 0 saturated heterocycles. The van der Waals surface area contributed by atoms with Crippen molar-refractivity contribution in [3.8, 4) is 0 Å². The second-order valence-electron chi connectivity index (χ2n) is 5.73. The molecule has 0 aliphatic carbocycles. The van der Waals surface area contributed by atoms with Crippen molar-refractivity contribution in [2.45, 2.75) is 66.0 Å². The third-order valence-electron chi connectivity index (χ3n) is 3.98. The number of nitrogens with zero attached hydrogens (tertiary/aromatic N) is 1. The van der Waals surface area contributed by atoms with Gasteiger partial charge in [0.2, 0.25) is 0 Å². The molecule has 1 unspecified atom stereocenters. The van der Waals surface area contributed by atoms with Crippen molar-refractivity contribution < 1.29 is 4.39 Å². The van der Waals surface area contributed by atoms with Crippen molar-refractivity contribution in [2.75, 3.05) is 18.0 Å². The maximum absolute atomic E-state index is 14.5. The van der Waals surface area contributed by atoms with Crippen LogP contribution in [0.5, 0.6) is 0 Å². The molecular weight excluding hydrogens is 263 g/mol.